The van der Waals surface area contributed by atoms with E-state index in [1.807, 2.05) is 13.0 Å². The molecule has 2 aliphatic carbocycles. The van der Waals surface area contributed by atoms with E-state index in [-0.39, 0.29) is 42.4 Å². The molecule has 3 N–H and O–H groups in total. The molecule has 5 nitrogen and oxygen atoms in total. The second-order valence-corrected chi connectivity index (χ2v) is 8.77. The van der Waals surface area contributed by atoms with Gasteiger partial charge in [-0.2, -0.15) is 0 Å². The summed E-state index contributed by atoms with van der Waals surface area (Å²) in [5.41, 5.74) is 0.228. The van der Waals surface area contributed by atoms with Crippen molar-refractivity contribution in [2.45, 2.75) is 58.5 Å². The Morgan fingerprint density at radius 2 is 2.00 bits per heavy atom. The van der Waals surface area contributed by atoms with E-state index in [0.717, 1.165) is 31.3 Å². The summed E-state index contributed by atoms with van der Waals surface area (Å²) in [6.45, 7) is 4.80. The zero-order valence-corrected chi connectivity index (χ0v) is 15.4. The van der Waals surface area contributed by atoms with Crippen LogP contribution in [0, 0.1) is 28.6 Å². The average molecular weight is 352 g/mol. The van der Waals surface area contributed by atoms with Crippen molar-refractivity contribution in [1.82, 2.24) is 0 Å². The van der Waals surface area contributed by atoms with Gasteiger partial charge in [0.2, 0.25) is 0 Å². The van der Waals surface area contributed by atoms with Crippen molar-refractivity contribution in [1.29, 1.82) is 0 Å². The lowest BCUT2D eigenvalue weighted by Gasteiger charge is -2.61. The molecule has 3 rings (SSSR count). The molecule has 0 saturated heterocycles. The normalized spacial score (nSPS) is 44.2. The fourth-order valence-electron chi connectivity index (χ4n) is 6.07. The molecule has 2 unspecified atom stereocenters. The highest BCUT2D eigenvalue weighted by Crippen LogP contribution is 2.62. The number of rotatable bonds is 5. The van der Waals surface area contributed by atoms with Crippen molar-refractivity contribution >= 4 is 5.97 Å². The van der Waals surface area contributed by atoms with Gasteiger partial charge in [0.05, 0.1) is 12.7 Å². The van der Waals surface area contributed by atoms with Gasteiger partial charge in [0.15, 0.2) is 0 Å². The molecule has 6 atom stereocenters. The van der Waals surface area contributed by atoms with Crippen LogP contribution in [0.25, 0.3) is 0 Å². The molecular formula is C20H32O5. The largest absolute Gasteiger partial charge is 0.458 e. The molecule has 0 aromatic rings. The van der Waals surface area contributed by atoms with Crippen LogP contribution in [0.3, 0.4) is 0 Å². The molecule has 1 heterocycles. The van der Waals surface area contributed by atoms with Gasteiger partial charge in [0.1, 0.15) is 6.61 Å². The van der Waals surface area contributed by atoms with Crippen molar-refractivity contribution in [3.05, 3.63) is 11.6 Å². The maximum Gasteiger partial charge on any atom is 0.334 e. The van der Waals surface area contributed by atoms with Crippen LogP contribution in [0.4, 0.5) is 0 Å². The summed E-state index contributed by atoms with van der Waals surface area (Å²) >= 11 is 0. The van der Waals surface area contributed by atoms with Crippen molar-refractivity contribution in [2.24, 2.45) is 28.6 Å². The van der Waals surface area contributed by atoms with Crippen LogP contribution in [0.5, 0.6) is 0 Å². The van der Waals surface area contributed by atoms with Gasteiger partial charge in [0, 0.05) is 17.6 Å². The highest BCUT2D eigenvalue weighted by Gasteiger charge is 2.58. The van der Waals surface area contributed by atoms with Gasteiger partial charge in [-0.1, -0.05) is 13.8 Å². The number of hydrogen-bond donors (Lipinski definition) is 3. The lowest BCUT2D eigenvalue weighted by Crippen LogP contribution is -2.59. The molecule has 2 fully saturated rings. The first-order valence-corrected chi connectivity index (χ1v) is 9.62. The zero-order valence-electron chi connectivity index (χ0n) is 15.4. The topological polar surface area (TPSA) is 87.0 Å². The van der Waals surface area contributed by atoms with E-state index < -0.39 is 11.5 Å². The maximum absolute atomic E-state index is 11.7. The Bertz CT molecular complexity index is 544. The van der Waals surface area contributed by atoms with Crippen LogP contribution < -0.4 is 0 Å². The van der Waals surface area contributed by atoms with Gasteiger partial charge in [-0.3, -0.25) is 0 Å². The molecular weight excluding hydrogens is 320 g/mol. The standard InChI is InChI=1S/C20H32O5/c1-19-9-7-17(23)20(2,12-22)16(19)6-4-14(11-21)15(19)5-3-13-8-10-25-18(13)24/h8,14-17,21-23H,3-7,9-12H2,1-2H3/t14?,15-,16+,17?,19+,20+/m1/s1. The van der Waals surface area contributed by atoms with E-state index >= 15 is 0 Å². The summed E-state index contributed by atoms with van der Waals surface area (Å²) in [5.74, 6) is 0.518. The minimum Gasteiger partial charge on any atom is -0.458 e. The number of cyclic esters (lactones) is 1. The van der Waals surface area contributed by atoms with E-state index in [4.69, 9.17) is 4.74 Å². The number of aliphatic hydroxyl groups is 3. The fraction of sp³-hybridized carbons (Fsp3) is 0.850. The SMILES string of the molecule is C[C@@]12CCC(O)[C@@](C)(CO)[C@H]1CCC(CO)[C@H]2CCC1=CCOC1=O. The van der Waals surface area contributed by atoms with Crippen molar-refractivity contribution in [3.8, 4) is 0 Å². The molecule has 25 heavy (non-hydrogen) atoms. The summed E-state index contributed by atoms with van der Waals surface area (Å²) in [4.78, 5) is 11.7. The average Bonchev–Trinajstić information content (AvgIpc) is 3.01. The Morgan fingerprint density at radius 1 is 1.24 bits per heavy atom. The molecule has 2 saturated carbocycles. The Morgan fingerprint density at radius 3 is 2.60 bits per heavy atom. The third kappa shape index (κ3) is 3.04. The highest BCUT2D eigenvalue weighted by molar-refractivity contribution is 5.90. The molecule has 0 aromatic heterocycles. The quantitative estimate of drug-likeness (QED) is 0.659. The van der Waals surface area contributed by atoms with Gasteiger partial charge in [-0.05, 0) is 67.8 Å². The monoisotopic (exact) mass is 352 g/mol. The molecule has 142 valence electrons. The third-order valence-corrected chi connectivity index (χ3v) is 7.66. The Labute approximate surface area is 150 Å². The predicted octanol–water partition coefficient (Wildman–Crippen LogP) is 2.04. The first-order chi connectivity index (χ1) is 11.9. The summed E-state index contributed by atoms with van der Waals surface area (Å²) in [5, 5.41) is 30.5. The number of esters is 1. The first-order valence-electron chi connectivity index (χ1n) is 9.62. The number of carbonyl (C=O) groups excluding carboxylic acids is 1. The van der Waals surface area contributed by atoms with Crippen LogP contribution in [0.15, 0.2) is 11.6 Å². The van der Waals surface area contributed by atoms with Gasteiger partial charge in [-0.15, -0.1) is 0 Å². The third-order valence-electron chi connectivity index (χ3n) is 7.66. The van der Waals surface area contributed by atoms with Gasteiger partial charge in [0.25, 0.3) is 0 Å². The van der Waals surface area contributed by atoms with E-state index in [2.05, 4.69) is 6.92 Å². The molecule has 3 aliphatic rings. The van der Waals surface area contributed by atoms with Crippen molar-refractivity contribution in [2.75, 3.05) is 19.8 Å². The molecule has 1 aliphatic heterocycles. The minimum atomic E-state index is -0.489. The Hall–Kier alpha value is -0.910. The Kier molecular flexibility index (Phi) is 5.29. The first kappa shape index (κ1) is 18.9. The predicted molar refractivity (Wildman–Crippen MR) is 93.6 cm³/mol. The lowest BCUT2D eigenvalue weighted by molar-refractivity contribution is -0.177. The van der Waals surface area contributed by atoms with Crippen LogP contribution in [0.1, 0.15) is 52.4 Å². The Balaban J connectivity index is 1.84. The molecule has 0 spiro atoms. The number of fused-ring (bicyclic) bond motifs is 1. The van der Waals surface area contributed by atoms with E-state index in [1.54, 1.807) is 0 Å². The molecule has 0 amide bonds. The molecule has 0 aromatic carbocycles. The molecule has 5 heteroatoms. The highest BCUT2D eigenvalue weighted by atomic mass is 16.5. The number of ether oxygens (including phenoxy) is 1. The summed E-state index contributed by atoms with van der Waals surface area (Å²) in [6.07, 6.45) is 6.33. The smallest absolute Gasteiger partial charge is 0.334 e. The minimum absolute atomic E-state index is 0.0115. The van der Waals surface area contributed by atoms with Crippen LogP contribution >= 0.6 is 0 Å². The van der Waals surface area contributed by atoms with E-state index in [1.165, 1.54) is 0 Å². The zero-order chi connectivity index (χ0) is 18.2. The van der Waals surface area contributed by atoms with Gasteiger partial charge in [-0.25, -0.2) is 4.79 Å². The van der Waals surface area contributed by atoms with Crippen LogP contribution in [-0.2, 0) is 9.53 Å². The summed E-state index contributed by atoms with van der Waals surface area (Å²) < 4.78 is 5.01. The van der Waals surface area contributed by atoms with Crippen molar-refractivity contribution in [3.63, 3.8) is 0 Å². The number of hydrogen-bond acceptors (Lipinski definition) is 5. The van der Waals surface area contributed by atoms with Gasteiger partial charge >= 0.3 is 5.97 Å². The molecule has 0 radical (unpaired) electrons. The maximum atomic E-state index is 11.7. The van der Waals surface area contributed by atoms with E-state index in [0.29, 0.717) is 19.4 Å². The number of aliphatic hydroxyl groups excluding tert-OH is 3. The summed E-state index contributed by atoms with van der Waals surface area (Å²) in [7, 11) is 0. The number of carbonyl (C=O) groups is 1. The second-order valence-electron chi connectivity index (χ2n) is 8.77. The summed E-state index contributed by atoms with van der Waals surface area (Å²) in [6, 6.07) is 0. The fourth-order valence-corrected chi connectivity index (χ4v) is 6.07. The van der Waals surface area contributed by atoms with Crippen LogP contribution in [-0.4, -0.2) is 47.2 Å². The van der Waals surface area contributed by atoms with E-state index in [9.17, 15) is 20.1 Å². The second kappa shape index (κ2) is 7.01. The van der Waals surface area contributed by atoms with Crippen molar-refractivity contribution < 1.29 is 24.9 Å². The lowest BCUT2D eigenvalue weighted by atomic mass is 9.45. The van der Waals surface area contributed by atoms with Crippen LogP contribution in [0.2, 0.25) is 0 Å². The molecule has 0 bridgehead atoms. The van der Waals surface area contributed by atoms with Gasteiger partial charge < -0.3 is 20.1 Å².